The van der Waals surface area contributed by atoms with Crippen molar-refractivity contribution in [2.45, 2.75) is 6.54 Å². The first kappa shape index (κ1) is 12.7. The first-order valence-electron chi connectivity index (χ1n) is 4.92. The lowest BCUT2D eigenvalue weighted by atomic mass is 10.2. The molecule has 3 heteroatoms. The van der Waals surface area contributed by atoms with Gasteiger partial charge in [0.2, 0.25) is 5.52 Å². The molecule has 0 amide bonds. The van der Waals surface area contributed by atoms with Gasteiger partial charge in [-0.1, -0.05) is 6.58 Å². The molecule has 0 spiro atoms. The van der Waals surface area contributed by atoms with E-state index >= 15 is 0 Å². The monoisotopic (exact) mass is 279 g/mol. The number of aromatic nitrogens is 1. The highest BCUT2D eigenvalue weighted by Crippen LogP contribution is 2.17. The molecule has 0 unspecified atom stereocenters. The smallest absolute Gasteiger partial charge is 0.213 e. The van der Waals surface area contributed by atoms with Gasteiger partial charge in [0.15, 0.2) is 12.7 Å². The molecule has 0 aliphatic carbocycles. The number of benzene rings is 1. The summed E-state index contributed by atoms with van der Waals surface area (Å²) in [6.45, 7) is 4.57. The largest absolute Gasteiger partial charge is 1.00 e. The number of ether oxygens (including phenoxy) is 1. The van der Waals surface area contributed by atoms with Gasteiger partial charge in [0.1, 0.15) is 5.75 Å². The Balaban J connectivity index is 0.00000128. The fourth-order valence-corrected chi connectivity index (χ4v) is 1.68. The minimum Gasteiger partial charge on any atom is -1.00 e. The Hall–Kier alpha value is -1.35. The van der Waals surface area contributed by atoms with Crippen LogP contribution in [0.1, 0.15) is 0 Å². The van der Waals surface area contributed by atoms with Gasteiger partial charge in [0.25, 0.3) is 0 Å². The lowest BCUT2D eigenvalue weighted by Gasteiger charge is -2.01. The van der Waals surface area contributed by atoms with E-state index in [9.17, 15) is 0 Å². The van der Waals surface area contributed by atoms with Gasteiger partial charge >= 0.3 is 0 Å². The highest BCUT2D eigenvalue weighted by atomic mass is 79.9. The normalized spacial score (nSPS) is 9.56. The van der Waals surface area contributed by atoms with Crippen LogP contribution in [-0.2, 0) is 6.54 Å². The maximum atomic E-state index is 5.19. The van der Waals surface area contributed by atoms with Crippen LogP contribution in [0, 0.1) is 0 Å². The molecule has 2 nitrogen and oxygen atoms in total. The SMILES string of the molecule is C=CC[n+]1cccc2cc(OC)ccc21.[Br-]. The van der Waals surface area contributed by atoms with E-state index in [-0.39, 0.29) is 17.0 Å². The minimum absolute atomic E-state index is 0. The molecule has 1 aromatic heterocycles. The highest BCUT2D eigenvalue weighted by molar-refractivity contribution is 5.77. The Bertz CT molecular complexity index is 496. The van der Waals surface area contributed by atoms with Crippen molar-refractivity contribution >= 4 is 10.9 Å². The van der Waals surface area contributed by atoms with E-state index in [1.54, 1.807) is 7.11 Å². The van der Waals surface area contributed by atoms with Crippen molar-refractivity contribution in [3.63, 3.8) is 0 Å². The lowest BCUT2D eigenvalue weighted by Crippen LogP contribution is -3.00. The van der Waals surface area contributed by atoms with E-state index in [1.165, 1.54) is 10.9 Å². The van der Waals surface area contributed by atoms with E-state index in [0.29, 0.717) is 0 Å². The molecule has 0 radical (unpaired) electrons. The van der Waals surface area contributed by atoms with Crippen LogP contribution in [0.2, 0.25) is 0 Å². The van der Waals surface area contributed by atoms with Crippen molar-refractivity contribution in [3.8, 4) is 5.75 Å². The average molecular weight is 280 g/mol. The van der Waals surface area contributed by atoms with Crippen LogP contribution in [0.25, 0.3) is 10.9 Å². The van der Waals surface area contributed by atoms with Crippen LogP contribution in [0.4, 0.5) is 0 Å². The van der Waals surface area contributed by atoms with E-state index in [4.69, 9.17) is 4.74 Å². The van der Waals surface area contributed by atoms with Gasteiger partial charge in [-0.25, -0.2) is 0 Å². The molecule has 0 saturated heterocycles. The average Bonchev–Trinajstić information content (AvgIpc) is 2.29. The summed E-state index contributed by atoms with van der Waals surface area (Å²) in [5.41, 5.74) is 1.19. The molecule has 2 rings (SSSR count). The number of halogens is 1. The second-order valence-corrected chi connectivity index (χ2v) is 3.37. The van der Waals surface area contributed by atoms with E-state index in [1.807, 2.05) is 24.3 Å². The van der Waals surface area contributed by atoms with Crippen molar-refractivity contribution in [2.75, 3.05) is 7.11 Å². The van der Waals surface area contributed by atoms with Gasteiger partial charge in [-0.15, -0.1) is 0 Å². The maximum absolute atomic E-state index is 5.19. The topological polar surface area (TPSA) is 13.1 Å². The zero-order chi connectivity index (χ0) is 10.7. The quantitative estimate of drug-likeness (QED) is 0.537. The number of methoxy groups -OCH3 is 1. The Morgan fingerprint density at radius 2 is 2.19 bits per heavy atom. The fourth-order valence-electron chi connectivity index (χ4n) is 1.68. The second-order valence-electron chi connectivity index (χ2n) is 3.37. The first-order chi connectivity index (χ1) is 7.35. The third-order valence-corrected chi connectivity index (χ3v) is 2.41. The zero-order valence-corrected chi connectivity index (χ0v) is 10.8. The molecule has 0 aliphatic heterocycles. The fraction of sp³-hybridized carbons (Fsp3) is 0.154. The number of hydrogen-bond acceptors (Lipinski definition) is 1. The minimum atomic E-state index is 0. The van der Waals surface area contributed by atoms with Gasteiger partial charge in [-0.3, -0.25) is 0 Å². The molecule has 0 N–H and O–H groups in total. The summed E-state index contributed by atoms with van der Waals surface area (Å²) in [7, 11) is 1.68. The molecule has 2 aromatic rings. The van der Waals surface area contributed by atoms with Crippen LogP contribution >= 0.6 is 0 Å². The molecule has 0 aliphatic rings. The van der Waals surface area contributed by atoms with E-state index in [2.05, 4.69) is 29.5 Å². The predicted octanol–water partition coefficient (Wildman–Crippen LogP) is -0.674. The summed E-state index contributed by atoms with van der Waals surface area (Å²) in [6, 6.07) is 10.2. The number of rotatable bonds is 3. The Labute approximate surface area is 106 Å². The van der Waals surface area contributed by atoms with Gasteiger partial charge in [0, 0.05) is 12.1 Å². The van der Waals surface area contributed by atoms with Gasteiger partial charge in [0.05, 0.1) is 12.5 Å². The Kier molecular flexibility index (Phi) is 4.50. The zero-order valence-electron chi connectivity index (χ0n) is 9.19. The number of nitrogens with zero attached hydrogens (tertiary/aromatic N) is 1. The molecule has 0 fully saturated rings. The summed E-state index contributed by atoms with van der Waals surface area (Å²) in [4.78, 5) is 0. The van der Waals surface area contributed by atoms with Crippen molar-refractivity contribution < 1.29 is 26.3 Å². The third-order valence-electron chi connectivity index (χ3n) is 2.41. The van der Waals surface area contributed by atoms with E-state index < -0.39 is 0 Å². The lowest BCUT2D eigenvalue weighted by molar-refractivity contribution is -0.660. The Morgan fingerprint density at radius 3 is 2.88 bits per heavy atom. The van der Waals surface area contributed by atoms with Crippen LogP contribution in [0.5, 0.6) is 5.75 Å². The molecule has 1 heterocycles. The number of pyridine rings is 1. The van der Waals surface area contributed by atoms with Crippen LogP contribution in [0.3, 0.4) is 0 Å². The number of fused-ring (bicyclic) bond motifs is 1. The number of allylic oxidation sites excluding steroid dienone is 1. The van der Waals surface area contributed by atoms with Crippen molar-refractivity contribution in [2.24, 2.45) is 0 Å². The summed E-state index contributed by atoms with van der Waals surface area (Å²) in [6.07, 6.45) is 3.94. The summed E-state index contributed by atoms with van der Waals surface area (Å²) in [5, 5.41) is 1.18. The Morgan fingerprint density at radius 1 is 1.38 bits per heavy atom. The van der Waals surface area contributed by atoms with Gasteiger partial charge in [-0.2, -0.15) is 4.57 Å². The molecule has 0 saturated carbocycles. The molecule has 0 atom stereocenters. The van der Waals surface area contributed by atoms with E-state index in [0.717, 1.165) is 12.3 Å². The molecule has 1 aromatic carbocycles. The third kappa shape index (κ3) is 2.42. The molecule has 16 heavy (non-hydrogen) atoms. The van der Waals surface area contributed by atoms with Crippen LogP contribution in [-0.4, -0.2) is 7.11 Å². The second kappa shape index (κ2) is 5.66. The van der Waals surface area contributed by atoms with Gasteiger partial charge in [-0.05, 0) is 24.3 Å². The predicted molar refractivity (Wildman–Crippen MR) is 60.9 cm³/mol. The number of hydrogen-bond donors (Lipinski definition) is 0. The molecular formula is C13H14BrNO. The maximum Gasteiger partial charge on any atom is 0.213 e. The highest BCUT2D eigenvalue weighted by Gasteiger charge is 2.06. The molecular weight excluding hydrogens is 266 g/mol. The van der Waals surface area contributed by atoms with Crippen molar-refractivity contribution in [1.29, 1.82) is 0 Å². The summed E-state index contributed by atoms with van der Waals surface area (Å²) < 4.78 is 7.35. The van der Waals surface area contributed by atoms with Crippen LogP contribution < -0.4 is 26.3 Å². The summed E-state index contributed by atoms with van der Waals surface area (Å²) in [5.74, 6) is 0.888. The first-order valence-corrected chi connectivity index (χ1v) is 4.92. The standard InChI is InChI=1S/C13H14NO.BrH/c1-3-8-14-9-4-5-11-10-12(15-2)6-7-13(11)14;/h3-7,9-10H,1,8H2,2H3;1H/q+1;/p-1. The van der Waals surface area contributed by atoms with Crippen LogP contribution in [0.15, 0.2) is 49.2 Å². The molecule has 0 bridgehead atoms. The molecule has 84 valence electrons. The van der Waals surface area contributed by atoms with Crippen molar-refractivity contribution in [3.05, 3.63) is 49.2 Å². The van der Waals surface area contributed by atoms with Crippen molar-refractivity contribution in [1.82, 2.24) is 0 Å². The van der Waals surface area contributed by atoms with Gasteiger partial charge < -0.3 is 21.7 Å². The summed E-state index contributed by atoms with van der Waals surface area (Å²) >= 11 is 0.